The first-order valence-corrected chi connectivity index (χ1v) is 27.6. The van der Waals surface area contributed by atoms with E-state index in [-0.39, 0.29) is 25.6 Å². The zero-order valence-electron chi connectivity index (χ0n) is 42.4. The summed E-state index contributed by atoms with van der Waals surface area (Å²) in [5, 5.41) is 72.1. The summed E-state index contributed by atoms with van der Waals surface area (Å²) in [5.41, 5.74) is 0. The molecule has 2 fully saturated rings. The average molecular weight is 963 g/mol. The van der Waals surface area contributed by atoms with Crippen molar-refractivity contribution < 1.29 is 69.0 Å². The molecule has 11 unspecified atom stereocenters. The summed E-state index contributed by atoms with van der Waals surface area (Å²) in [6.45, 7) is 3.72. The van der Waals surface area contributed by atoms with Gasteiger partial charge in [-0.25, -0.2) is 0 Å². The van der Waals surface area contributed by atoms with Gasteiger partial charge in [0, 0.05) is 13.0 Å². The van der Waals surface area contributed by atoms with Crippen molar-refractivity contribution in [2.24, 2.45) is 0 Å². The fraction of sp³-hybridized carbons (Fsp3) is 0.981. The number of esters is 1. The zero-order chi connectivity index (χ0) is 48.7. The third kappa shape index (κ3) is 29.2. The van der Waals surface area contributed by atoms with Gasteiger partial charge in [0.2, 0.25) is 0 Å². The molecule has 0 bridgehead atoms. The van der Waals surface area contributed by atoms with Crippen molar-refractivity contribution in [2.45, 2.75) is 300 Å². The molecule has 14 nitrogen and oxygen atoms in total. The average Bonchev–Trinajstić information content (AvgIpc) is 3.32. The Morgan fingerprint density at radius 3 is 1.21 bits per heavy atom. The Morgan fingerprint density at radius 1 is 0.433 bits per heavy atom. The van der Waals surface area contributed by atoms with E-state index in [0.29, 0.717) is 6.61 Å². The van der Waals surface area contributed by atoms with Gasteiger partial charge in [0.15, 0.2) is 12.6 Å². The summed E-state index contributed by atoms with van der Waals surface area (Å²) in [4.78, 5) is 13.0. The van der Waals surface area contributed by atoms with E-state index in [1.807, 2.05) is 0 Å². The predicted octanol–water partition coefficient (Wildman–Crippen LogP) is 8.86. The Morgan fingerprint density at radius 2 is 0.791 bits per heavy atom. The topological polar surface area (TPSA) is 214 Å². The van der Waals surface area contributed by atoms with Crippen molar-refractivity contribution in [2.75, 3.05) is 33.0 Å². The lowest BCUT2D eigenvalue weighted by Gasteiger charge is -2.42. The number of aliphatic hydroxyl groups is 7. The minimum Gasteiger partial charge on any atom is -0.457 e. The molecule has 2 rings (SSSR count). The Hall–Kier alpha value is -1.01. The molecule has 7 N–H and O–H groups in total. The van der Waals surface area contributed by atoms with E-state index >= 15 is 0 Å². The summed E-state index contributed by atoms with van der Waals surface area (Å²) in [6.07, 6.45) is 26.2. The molecule has 11 atom stereocenters. The van der Waals surface area contributed by atoms with Crippen LogP contribution < -0.4 is 0 Å². The lowest BCUT2D eigenvalue weighted by Crippen LogP contribution is -2.61. The standard InChI is InChI=1S/C53H102O14/c1-3-5-7-9-11-13-14-15-16-17-18-19-20-21-22-23-24-25-26-27-28-30-32-34-36-45(55)65-42(39-62-37-35-33-31-29-12-10-8-6-4-2)40-63-52-51(61)49(59)47(57)44(67-52)41-64-53-50(60)48(58)46(56)43(38-54)66-53/h42-44,46-54,56-61H,3-41H2,1-2H3. The largest absolute Gasteiger partial charge is 0.457 e. The lowest BCUT2D eigenvalue weighted by molar-refractivity contribution is -0.332. The van der Waals surface area contributed by atoms with Crippen molar-refractivity contribution in [1.82, 2.24) is 0 Å². The second kappa shape index (κ2) is 41.6. The third-order valence-corrected chi connectivity index (χ3v) is 13.6. The van der Waals surface area contributed by atoms with Gasteiger partial charge in [-0.2, -0.15) is 0 Å². The van der Waals surface area contributed by atoms with Crippen LogP contribution in [-0.2, 0) is 33.2 Å². The van der Waals surface area contributed by atoms with E-state index in [1.165, 1.54) is 167 Å². The van der Waals surface area contributed by atoms with Crippen LogP contribution in [0.3, 0.4) is 0 Å². The Kier molecular flexibility index (Phi) is 38.6. The Balaban J connectivity index is 1.65. The first-order valence-electron chi connectivity index (χ1n) is 27.6. The SMILES string of the molecule is CCCCCCCCCCCCCCCCCCCCCCCCCCC(=O)OC(COCCCCCCCCCCC)COC1OC(COC2OC(CO)C(O)C(O)C2O)C(O)C(O)C1O. The van der Waals surface area contributed by atoms with Crippen LogP contribution in [0.2, 0.25) is 0 Å². The molecule has 2 saturated heterocycles. The molecule has 0 saturated carbocycles. The van der Waals surface area contributed by atoms with Crippen molar-refractivity contribution in [3.05, 3.63) is 0 Å². The molecule has 0 spiro atoms. The van der Waals surface area contributed by atoms with E-state index in [0.717, 1.165) is 44.9 Å². The number of carbonyl (C=O) groups excluding carboxylic acids is 1. The molecule has 0 aromatic carbocycles. The fourth-order valence-corrected chi connectivity index (χ4v) is 9.11. The van der Waals surface area contributed by atoms with Crippen molar-refractivity contribution in [3.63, 3.8) is 0 Å². The van der Waals surface area contributed by atoms with E-state index in [2.05, 4.69) is 13.8 Å². The molecular formula is C53H102O14. The second-order valence-corrected chi connectivity index (χ2v) is 19.8. The molecule has 2 heterocycles. The van der Waals surface area contributed by atoms with Crippen LogP contribution in [-0.4, -0.2) is 142 Å². The van der Waals surface area contributed by atoms with E-state index in [4.69, 9.17) is 28.4 Å². The highest BCUT2D eigenvalue weighted by Crippen LogP contribution is 2.27. The van der Waals surface area contributed by atoms with E-state index < -0.39 is 80.7 Å². The molecule has 14 heteroatoms. The van der Waals surface area contributed by atoms with E-state index in [9.17, 15) is 40.5 Å². The number of unbranched alkanes of at least 4 members (excludes halogenated alkanes) is 31. The highest BCUT2D eigenvalue weighted by molar-refractivity contribution is 5.69. The summed E-state index contributed by atoms with van der Waals surface area (Å²) >= 11 is 0. The number of rotatable bonds is 45. The maximum atomic E-state index is 13.0. The van der Waals surface area contributed by atoms with Crippen LogP contribution >= 0.6 is 0 Å². The molecule has 0 aromatic rings. The maximum Gasteiger partial charge on any atom is 0.306 e. The van der Waals surface area contributed by atoms with Crippen LogP contribution in [0.15, 0.2) is 0 Å². The molecular weight excluding hydrogens is 861 g/mol. The number of hydrogen-bond acceptors (Lipinski definition) is 14. The van der Waals surface area contributed by atoms with Gasteiger partial charge in [-0.1, -0.05) is 213 Å². The van der Waals surface area contributed by atoms with Crippen molar-refractivity contribution >= 4 is 5.97 Å². The number of aliphatic hydroxyl groups excluding tert-OH is 7. The smallest absolute Gasteiger partial charge is 0.306 e. The highest BCUT2D eigenvalue weighted by Gasteiger charge is 2.47. The summed E-state index contributed by atoms with van der Waals surface area (Å²) < 4.78 is 34.2. The highest BCUT2D eigenvalue weighted by atomic mass is 16.7. The summed E-state index contributed by atoms with van der Waals surface area (Å²) in [7, 11) is 0. The van der Waals surface area contributed by atoms with Crippen LogP contribution in [0.5, 0.6) is 0 Å². The van der Waals surface area contributed by atoms with Gasteiger partial charge in [-0.3, -0.25) is 4.79 Å². The van der Waals surface area contributed by atoms with Gasteiger partial charge in [0.05, 0.1) is 26.4 Å². The number of hydrogen-bond donors (Lipinski definition) is 7. The monoisotopic (exact) mass is 963 g/mol. The van der Waals surface area contributed by atoms with Gasteiger partial charge < -0.3 is 64.2 Å². The maximum absolute atomic E-state index is 13.0. The van der Waals surface area contributed by atoms with Gasteiger partial charge in [0.25, 0.3) is 0 Å². The van der Waals surface area contributed by atoms with Crippen LogP contribution in [0.4, 0.5) is 0 Å². The Bertz CT molecular complexity index is 1120. The minimum atomic E-state index is -1.70. The van der Waals surface area contributed by atoms with Gasteiger partial charge in [-0.15, -0.1) is 0 Å². The summed E-state index contributed by atoms with van der Waals surface area (Å²) in [6, 6.07) is 0. The number of carbonyl (C=O) groups is 1. The van der Waals surface area contributed by atoms with Gasteiger partial charge in [0.1, 0.15) is 54.9 Å². The third-order valence-electron chi connectivity index (χ3n) is 13.6. The fourth-order valence-electron chi connectivity index (χ4n) is 9.11. The predicted molar refractivity (Wildman–Crippen MR) is 261 cm³/mol. The lowest BCUT2D eigenvalue weighted by atomic mass is 9.98. The van der Waals surface area contributed by atoms with E-state index in [1.54, 1.807) is 0 Å². The summed E-state index contributed by atoms with van der Waals surface area (Å²) in [5.74, 6) is -0.370. The molecule has 0 amide bonds. The van der Waals surface area contributed by atoms with Crippen LogP contribution in [0.25, 0.3) is 0 Å². The first kappa shape index (κ1) is 62.1. The van der Waals surface area contributed by atoms with Crippen LogP contribution in [0.1, 0.15) is 232 Å². The molecule has 2 aliphatic rings. The molecule has 0 aliphatic carbocycles. The molecule has 67 heavy (non-hydrogen) atoms. The molecule has 0 aromatic heterocycles. The number of ether oxygens (including phenoxy) is 6. The van der Waals surface area contributed by atoms with Crippen molar-refractivity contribution in [3.8, 4) is 0 Å². The Labute approximate surface area is 406 Å². The quantitative estimate of drug-likeness (QED) is 0.0224. The second-order valence-electron chi connectivity index (χ2n) is 19.8. The first-order chi connectivity index (χ1) is 32.6. The zero-order valence-corrected chi connectivity index (χ0v) is 42.4. The normalized spacial score (nSPS) is 26.0. The van der Waals surface area contributed by atoms with Crippen molar-refractivity contribution in [1.29, 1.82) is 0 Å². The van der Waals surface area contributed by atoms with Gasteiger partial charge >= 0.3 is 5.97 Å². The minimum absolute atomic E-state index is 0.0693. The molecule has 398 valence electrons. The van der Waals surface area contributed by atoms with Gasteiger partial charge in [-0.05, 0) is 12.8 Å². The molecule has 0 radical (unpaired) electrons. The molecule has 2 aliphatic heterocycles. The van der Waals surface area contributed by atoms with Crippen LogP contribution in [0, 0.1) is 0 Å².